The minimum absolute atomic E-state index is 0.122. The molecule has 9 heteroatoms. The van der Waals surface area contributed by atoms with E-state index < -0.39 is 10.9 Å². The van der Waals surface area contributed by atoms with Gasteiger partial charge in [-0.05, 0) is 36.3 Å². The van der Waals surface area contributed by atoms with E-state index in [-0.39, 0.29) is 29.8 Å². The molecule has 0 bridgehead atoms. The fourth-order valence-electron chi connectivity index (χ4n) is 2.84. The number of aromatic nitrogens is 1. The van der Waals surface area contributed by atoms with Gasteiger partial charge in [0.25, 0.3) is 5.69 Å². The number of nitro groups is 1. The zero-order chi connectivity index (χ0) is 21.0. The Hall–Kier alpha value is -3.46. The number of aliphatic carboxylic acids is 1. The molecule has 0 aliphatic rings. The Kier molecular flexibility index (Phi) is 6.08. The smallest absolute Gasteiger partial charge is 0.303 e. The lowest BCUT2D eigenvalue weighted by Gasteiger charge is -2.10. The molecular weight excluding hydrogens is 396 g/mol. The van der Waals surface area contributed by atoms with Crippen molar-refractivity contribution < 1.29 is 24.3 Å². The zero-order valence-corrected chi connectivity index (χ0v) is 16.6. The highest BCUT2D eigenvalue weighted by molar-refractivity contribution is 7.19. The third-order valence-corrected chi connectivity index (χ3v) is 5.35. The van der Waals surface area contributed by atoms with Gasteiger partial charge in [-0.25, -0.2) is 4.98 Å². The van der Waals surface area contributed by atoms with Gasteiger partial charge in [-0.15, -0.1) is 11.3 Å². The Morgan fingerprint density at radius 1 is 1.21 bits per heavy atom. The average molecular weight is 414 g/mol. The standard InChI is InChI=1S/C20H18N2O6S/c1-27-16-10-13(15(22(25)26)11-17(16)28-2)9-12(7-8-19(23)24)20-21-14-5-3-4-6-18(14)29-20/h3-6,9-11H,7-8H2,1-2H3,(H,23,24)/b12-9+. The van der Waals surface area contributed by atoms with Crippen molar-refractivity contribution in [3.8, 4) is 11.5 Å². The molecule has 0 aliphatic heterocycles. The number of thiazole rings is 1. The summed E-state index contributed by atoms with van der Waals surface area (Å²) >= 11 is 1.41. The molecule has 0 amide bonds. The van der Waals surface area contributed by atoms with Gasteiger partial charge in [0.05, 0.1) is 41.0 Å². The number of carboxylic acids is 1. The molecule has 1 aromatic heterocycles. The second-order valence-corrected chi connectivity index (χ2v) is 7.10. The van der Waals surface area contributed by atoms with E-state index in [1.165, 1.54) is 37.7 Å². The highest BCUT2D eigenvalue weighted by Gasteiger charge is 2.20. The molecule has 8 nitrogen and oxygen atoms in total. The van der Waals surface area contributed by atoms with Crippen molar-refractivity contribution in [2.75, 3.05) is 14.2 Å². The van der Waals surface area contributed by atoms with E-state index in [1.807, 2.05) is 24.3 Å². The van der Waals surface area contributed by atoms with Gasteiger partial charge in [0.2, 0.25) is 0 Å². The molecule has 0 fully saturated rings. The molecule has 29 heavy (non-hydrogen) atoms. The third kappa shape index (κ3) is 4.52. The molecule has 3 aromatic rings. The summed E-state index contributed by atoms with van der Waals surface area (Å²) in [5, 5.41) is 21.3. The number of nitro benzene ring substituents is 1. The second-order valence-electron chi connectivity index (χ2n) is 6.07. The predicted molar refractivity (Wildman–Crippen MR) is 111 cm³/mol. The van der Waals surface area contributed by atoms with Crippen LogP contribution < -0.4 is 9.47 Å². The minimum Gasteiger partial charge on any atom is -0.493 e. The lowest BCUT2D eigenvalue weighted by molar-refractivity contribution is -0.385. The van der Waals surface area contributed by atoms with Crippen molar-refractivity contribution in [2.45, 2.75) is 12.8 Å². The van der Waals surface area contributed by atoms with Crippen LogP contribution in [0.15, 0.2) is 36.4 Å². The van der Waals surface area contributed by atoms with Gasteiger partial charge >= 0.3 is 5.97 Å². The normalized spacial score (nSPS) is 11.4. The van der Waals surface area contributed by atoms with Crippen LogP contribution in [0, 0.1) is 10.1 Å². The number of benzene rings is 2. The molecule has 0 saturated heterocycles. The summed E-state index contributed by atoms with van der Waals surface area (Å²) in [5.41, 5.74) is 1.50. The number of hydrogen-bond donors (Lipinski definition) is 1. The molecule has 1 N–H and O–H groups in total. The first-order valence-corrected chi connectivity index (χ1v) is 9.43. The van der Waals surface area contributed by atoms with Crippen LogP contribution in [0.5, 0.6) is 11.5 Å². The first-order chi connectivity index (χ1) is 13.9. The molecule has 0 aliphatic carbocycles. The van der Waals surface area contributed by atoms with Crippen LogP contribution in [-0.4, -0.2) is 35.2 Å². The van der Waals surface area contributed by atoms with Crippen molar-refractivity contribution in [1.29, 1.82) is 0 Å². The van der Waals surface area contributed by atoms with Gasteiger partial charge < -0.3 is 14.6 Å². The monoisotopic (exact) mass is 414 g/mol. The SMILES string of the molecule is COc1cc(/C=C(\CCC(=O)O)c2nc3ccccc3s2)c([N+](=O)[O-])cc1OC. The molecule has 1 heterocycles. The maximum atomic E-state index is 11.6. The van der Waals surface area contributed by atoms with Crippen molar-refractivity contribution >= 4 is 44.9 Å². The first kappa shape index (κ1) is 20.3. The Morgan fingerprint density at radius 3 is 2.52 bits per heavy atom. The number of nitrogens with zero attached hydrogens (tertiary/aromatic N) is 2. The van der Waals surface area contributed by atoms with E-state index in [1.54, 1.807) is 6.08 Å². The van der Waals surface area contributed by atoms with Crippen LogP contribution in [0.4, 0.5) is 5.69 Å². The molecule has 0 radical (unpaired) electrons. The van der Waals surface area contributed by atoms with Gasteiger partial charge in [-0.1, -0.05) is 12.1 Å². The quantitative estimate of drug-likeness (QED) is 0.422. The van der Waals surface area contributed by atoms with Crippen molar-refractivity contribution in [2.24, 2.45) is 0 Å². The lowest BCUT2D eigenvalue weighted by atomic mass is 10.0. The van der Waals surface area contributed by atoms with Crippen LogP contribution >= 0.6 is 11.3 Å². The lowest BCUT2D eigenvalue weighted by Crippen LogP contribution is -1.98. The van der Waals surface area contributed by atoms with E-state index in [9.17, 15) is 14.9 Å². The van der Waals surface area contributed by atoms with Gasteiger partial charge in [-0.3, -0.25) is 14.9 Å². The molecule has 0 spiro atoms. The van der Waals surface area contributed by atoms with Gasteiger partial charge in [0.15, 0.2) is 11.5 Å². The summed E-state index contributed by atoms with van der Waals surface area (Å²) in [5.74, 6) is -0.381. The van der Waals surface area contributed by atoms with Crippen molar-refractivity contribution in [3.05, 3.63) is 57.1 Å². The van der Waals surface area contributed by atoms with E-state index in [4.69, 9.17) is 14.6 Å². The number of carboxylic acid groups (broad SMARTS) is 1. The Labute approximate surface area is 170 Å². The van der Waals surface area contributed by atoms with E-state index in [0.29, 0.717) is 16.3 Å². The summed E-state index contributed by atoms with van der Waals surface area (Å²) in [7, 11) is 2.84. The van der Waals surface area contributed by atoms with Crippen molar-refractivity contribution in [3.63, 3.8) is 0 Å². The number of ether oxygens (including phenoxy) is 2. The zero-order valence-electron chi connectivity index (χ0n) is 15.7. The highest BCUT2D eigenvalue weighted by Crippen LogP contribution is 2.38. The van der Waals surface area contributed by atoms with Crippen LogP contribution in [0.1, 0.15) is 23.4 Å². The number of methoxy groups -OCH3 is 2. The van der Waals surface area contributed by atoms with Crippen LogP contribution in [0.3, 0.4) is 0 Å². The minimum atomic E-state index is -0.959. The summed E-state index contributed by atoms with van der Waals surface area (Å²) in [4.78, 5) is 26.8. The number of carbonyl (C=O) groups is 1. The van der Waals surface area contributed by atoms with Gasteiger partial charge in [0.1, 0.15) is 5.01 Å². The Balaban J connectivity index is 2.16. The molecule has 3 rings (SSSR count). The largest absolute Gasteiger partial charge is 0.493 e. The fourth-order valence-corrected chi connectivity index (χ4v) is 3.85. The summed E-state index contributed by atoms with van der Waals surface area (Å²) in [6.45, 7) is 0. The highest BCUT2D eigenvalue weighted by atomic mass is 32.1. The maximum Gasteiger partial charge on any atom is 0.303 e. The summed E-state index contributed by atoms with van der Waals surface area (Å²) in [6, 6.07) is 10.3. The Bertz CT molecular complexity index is 1070. The molecule has 2 aromatic carbocycles. The van der Waals surface area contributed by atoms with Gasteiger partial charge in [0, 0.05) is 6.42 Å². The fraction of sp³-hybridized carbons (Fsp3) is 0.200. The topological polar surface area (TPSA) is 112 Å². The molecular formula is C20H18N2O6S. The number of hydrogen-bond acceptors (Lipinski definition) is 7. The average Bonchev–Trinajstić information content (AvgIpc) is 3.14. The van der Waals surface area contributed by atoms with E-state index in [0.717, 1.165) is 10.2 Å². The van der Waals surface area contributed by atoms with E-state index >= 15 is 0 Å². The maximum absolute atomic E-state index is 11.6. The summed E-state index contributed by atoms with van der Waals surface area (Å²) < 4.78 is 11.4. The molecule has 0 unspecified atom stereocenters. The number of rotatable bonds is 8. The summed E-state index contributed by atoms with van der Waals surface area (Å²) in [6.07, 6.45) is 1.66. The molecule has 150 valence electrons. The molecule has 0 atom stereocenters. The van der Waals surface area contributed by atoms with Crippen LogP contribution in [-0.2, 0) is 4.79 Å². The predicted octanol–water partition coefficient (Wildman–Crippen LogP) is 4.63. The first-order valence-electron chi connectivity index (χ1n) is 8.61. The van der Waals surface area contributed by atoms with E-state index in [2.05, 4.69) is 4.98 Å². The number of fused-ring (bicyclic) bond motifs is 1. The second kappa shape index (κ2) is 8.70. The molecule has 0 saturated carbocycles. The Morgan fingerprint density at radius 2 is 1.90 bits per heavy atom. The number of allylic oxidation sites excluding steroid dienone is 1. The van der Waals surface area contributed by atoms with Crippen LogP contribution in [0.25, 0.3) is 21.9 Å². The van der Waals surface area contributed by atoms with Crippen LogP contribution in [0.2, 0.25) is 0 Å². The van der Waals surface area contributed by atoms with Gasteiger partial charge in [-0.2, -0.15) is 0 Å². The number of para-hydroxylation sites is 1. The van der Waals surface area contributed by atoms with Crippen molar-refractivity contribution in [1.82, 2.24) is 4.98 Å². The third-order valence-electron chi connectivity index (χ3n) is 4.24.